The van der Waals surface area contributed by atoms with Crippen molar-refractivity contribution in [3.63, 3.8) is 0 Å². The number of fused-ring (bicyclic) bond motifs is 13. The van der Waals surface area contributed by atoms with Crippen LogP contribution in [0, 0.1) is 29.6 Å². The zero-order chi connectivity index (χ0) is 27.0. The standard InChI is InChI=1S/C36H24N4/c1-22-11-14-32-34-28(13-12-25(19-37)31(34)20-38)30-18-29-26-9-5-6-10-27(26)33-17-24(23-7-3-2-4-8-23)15-16-39(33)35(29)36(30)40(32)21-22/h2-17,21,30,36H,18H2,1H3/q+2. The molecule has 4 nitrogen and oxygen atoms in total. The summed E-state index contributed by atoms with van der Waals surface area (Å²) in [4.78, 5) is 0. The Morgan fingerprint density at radius 1 is 0.800 bits per heavy atom. The topological polar surface area (TPSA) is 55.6 Å². The van der Waals surface area contributed by atoms with Gasteiger partial charge in [-0.2, -0.15) is 19.5 Å². The van der Waals surface area contributed by atoms with Gasteiger partial charge in [-0.1, -0.05) is 54.6 Å². The average Bonchev–Trinajstić information content (AvgIpc) is 3.42. The molecule has 0 amide bonds. The molecule has 0 radical (unpaired) electrons. The SMILES string of the molecule is Cc1ccc2[n+](c1)C1c3c(c4ccccc4c4cc(-c5ccccc5)cc[n+]34)CC1c1ccc(C#N)c(C#N)c1-2. The van der Waals surface area contributed by atoms with E-state index >= 15 is 0 Å². The third-order valence-electron chi connectivity index (χ3n) is 8.79. The average molecular weight is 513 g/mol. The van der Waals surface area contributed by atoms with E-state index in [1.807, 2.05) is 6.07 Å². The lowest BCUT2D eigenvalue weighted by Crippen LogP contribution is -2.50. The van der Waals surface area contributed by atoms with Crippen LogP contribution in [-0.4, -0.2) is 0 Å². The monoisotopic (exact) mass is 512 g/mol. The highest BCUT2D eigenvalue weighted by atomic mass is 15.1. The number of nitriles is 2. The van der Waals surface area contributed by atoms with Gasteiger partial charge in [0.2, 0.25) is 17.3 Å². The van der Waals surface area contributed by atoms with E-state index in [4.69, 9.17) is 0 Å². The first kappa shape index (κ1) is 22.6. The second-order valence-electron chi connectivity index (χ2n) is 10.9. The minimum Gasteiger partial charge on any atom is -0.192 e. The first-order valence-corrected chi connectivity index (χ1v) is 13.6. The molecule has 3 aromatic heterocycles. The zero-order valence-electron chi connectivity index (χ0n) is 22.0. The third kappa shape index (κ3) is 2.99. The molecule has 2 aliphatic rings. The molecule has 1 aliphatic carbocycles. The van der Waals surface area contributed by atoms with Crippen molar-refractivity contribution in [2.75, 3.05) is 0 Å². The molecule has 4 heteroatoms. The molecule has 0 bridgehead atoms. The minimum atomic E-state index is 0.0663. The summed E-state index contributed by atoms with van der Waals surface area (Å²) in [5.74, 6) is 0.152. The Morgan fingerprint density at radius 2 is 1.60 bits per heavy atom. The molecular formula is C36H24N4+2. The highest BCUT2D eigenvalue weighted by Gasteiger charge is 2.53. The first-order chi connectivity index (χ1) is 19.7. The second kappa shape index (κ2) is 8.34. The highest BCUT2D eigenvalue weighted by Crippen LogP contribution is 2.50. The minimum absolute atomic E-state index is 0.0663. The van der Waals surface area contributed by atoms with Gasteiger partial charge in [0.1, 0.15) is 12.1 Å². The normalized spacial score (nSPS) is 16.5. The highest BCUT2D eigenvalue weighted by molar-refractivity contribution is 5.97. The van der Waals surface area contributed by atoms with E-state index in [1.54, 1.807) is 0 Å². The van der Waals surface area contributed by atoms with E-state index in [2.05, 4.69) is 125 Å². The van der Waals surface area contributed by atoms with Crippen LogP contribution in [0.2, 0.25) is 0 Å². The summed E-state index contributed by atoms with van der Waals surface area (Å²) in [5.41, 5.74) is 11.3. The molecule has 186 valence electrons. The fourth-order valence-electron chi connectivity index (χ4n) is 7.13. The molecular weight excluding hydrogens is 488 g/mol. The van der Waals surface area contributed by atoms with Crippen molar-refractivity contribution in [3.05, 3.63) is 137 Å². The van der Waals surface area contributed by atoms with Crippen molar-refractivity contribution in [1.82, 2.24) is 0 Å². The van der Waals surface area contributed by atoms with Crippen molar-refractivity contribution in [3.8, 4) is 34.5 Å². The van der Waals surface area contributed by atoms with E-state index in [0.717, 1.165) is 28.8 Å². The molecule has 0 N–H and O–H groups in total. The molecule has 0 saturated heterocycles. The van der Waals surface area contributed by atoms with Crippen LogP contribution in [0.1, 0.15) is 45.5 Å². The summed E-state index contributed by atoms with van der Waals surface area (Å²) in [7, 11) is 0. The number of nitrogens with zero attached hydrogens (tertiary/aromatic N) is 4. The molecule has 1 aliphatic heterocycles. The summed E-state index contributed by atoms with van der Waals surface area (Å²) in [6, 6.07) is 36.6. The fraction of sp³-hybridized carbons (Fsp3) is 0.111. The number of pyridine rings is 3. The predicted molar refractivity (Wildman–Crippen MR) is 153 cm³/mol. The molecule has 6 aromatic rings. The molecule has 4 heterocycles. The van der Waals surface area contributed by atoms with E-state index in [0.29, 0.717) is 11.1 Å². The van der Waals surface area contributed by atoms with Gasteiger partial charge in [0.25, 0.3) is 5.69 Å². The van der Waals surface area contributed by atoms with Gasteiger partial charge in [-0.3, -0.25) is 0 Å². The van der Waals surface area contributed by atoms with Crippen LogP contribution in [0.4, 0.5) is 0 Å². The van der Waals surface area contributed by atoms with Crippen molar-refractivity contribution < 1.29 is 8.97 Å². The van der Waals surface area contributed by atoms with E-state index in [9.17, 15) is 10.5 Å². The Bertz CT molecular complexity index is 2130. The lowest BCUT2D eigenvalue weighted by molar-refractivity contribution is -0.724. The summed E-state index contributed by atoms with van der Waals surface area (Å²) in [6.45, 7) is 2.11. The van der Waals surface area contributed by atoms with Crippen molar-refractivity contribution in [1.29, 1.82) is 10.5 Å². The smallest absolute Gasteiger partial charge is 0.192 e. The van der Waals surface area contributed by atoms with Gasteiger partial charge >= 0.3 is 0 Å². The maximum Gasteiger partial charge on any atom is 0.260 e. The molecule has 0 saturated carbocycles. The van der Waals surface area contributed by atoms with Crippen LogP contribution in [0.5, 0.6) is 0 Å². The Morgan fingerprint density at radius 3 is 2.40 bits per heavy atom. The number of aromatic nitrogens is 2. The molecule has 40 heavy (non-hydrogen) atoms. The number of aryl methyl sites for hydroxylation is 1. The largest absolute Gasteiger partial charge is 0.260 e. The van der Waals surface area contributed by atoms with Gasteiger partial charge in [0.05, 0.1) is 28.0 Å². The zero-order valence-corrected chi connectivity index (χ0v) is 22.0. The van der Waals surface area contributed by atoms with Gasteiger partial charge in [0, 0.05) is 29.3 Å². The van der Waals surface area contributed by atoms with Crippen molar-refractivity contribution >= 4 is 16.3 Å². The third-order valence-corrected chi connectivity index (χ3v) is 8.79. The van der Waals surface area contributed by atoms with Crippen molar-refractivity contribution in [2.24, 2.45) is 0 Å². The second-order valence-corrected chi connectivity index (χ2v) is 10.9. The van der Waals surface area contributed by atoms with Crippen LogP contribution >= 0.6 is 0 Å². The Kier molecular flexibility index (Phi) is 4.72. The fourth-order valence-corrected chi connectivity index (χ4v) is 7.13. The van der Waals surface area contributed by atoms with Crippen LogP contribution in [-0.2, 0) is 6.42 Å². The molecule has 8 rings (SSSR count). The Balaban J connectivity index is 1.48. The van der Waals surface area contributed by atoms with Crippen LogP contribution in [0.15, 0.2) is 103 Å². The van der Waals surface area contributed by atoms with Crippen LogP contribution in [0.3, 0.4) is 0 Å². The van der Waals surface area contributed by atoms with Crippen LogP contribution < -0.4 is 8.97 Å². The lowest BCUT2D eigenvalue weighted by atomic mass is 9.80. The number of hydrogen-bond donors (Lipinski definition) is 0. The summed E-state index contributed by atoms with van der Waals surface area (Å²) < 4.78 is 4.76. The summed E-state index contributed by atoms with van der Waals surface area (Å²) in [6.07, 6.45) is 5.32. The molecule has 3 aromatic carbocycles. The first-order valence-electron chi connectivity index (χ1n) is 13.6. The Hall–Kier alpha value is -5.32. The summed E-state index contributed by atoms with van der Waals surface area (Å²) >= 11 is 0. The van der Waals surface area contributed by atoms with Gasteiger partial charge in [-0.05, 0) is 53.6 Å². The quantitative estimate of drug-likeness (QED) is 0.187. The Labute approximate surface area is 232 Å². The lowest BCUT2D eigenvalue weighted by Gasteiger charge is -2.25. The summed E-state index contributed by atoms with van der Waals surface area (Å²) in [5, 5.41) is 22.5. The number of hydrogen-bond acceptors (Lipinski definition) is 2. The molecule has 0 fully saturated rings. The van der Waals surface area contributed by atoms with Crippen molar-refractivity contribution in [2.45, 2.75) is 25.3 Å². The molecule has 2 atom stereocenters. The van der Waals surface area contributed by atoms with E-state index in [1.165, 1.54) is 38.7 Å². The van der Waals surface area contributed by atoms with E-state index < -0.39 is 0 Å². The molecule has 0 spiro atoms. The van der Waals surface area contributed by atoms with Gasteiger partial charge in [-0.25, -0.2) is 0 Å². The number of benzene rings is 3. The molecule has 2 unspecified atom stereocenters. The van der Waals surface area contributed by atoms with Gasteiger partial charge in [0.15, 0.2) is 12.4 Å². The number of rotatable bonds is 1. The van der Waals surface area contributed by atoms with Gasteiger partial charge in [-0.15, -0.1) is 0 Å². The predicted octanol–water partition coefficient (Wildman–Crippen LogP) is 6.49. The maximum atomic E-state index is 10.2. The van der Waals surface area contributed by atoms with Gasteiger partial charge < -0.3 is 0 Å². The maximum absolute atomic E-state index is 10.2. The van der Waals surface area contributed by atoms with Crippen LogP contribution in [0.25, 0.3) is 38.7 Å². The van der Waals surface area contributed by atoms with E-state index in [-0.39, 0.29) is 12.0 Å².